The zero-order valence-corrected chi connectivity index (χ0v) is 9.61. The van der Waals surface area contributed by atoms with E-state index in [4.69, 9.17) is 16.9 Å². The summed E-state index contributed by atoms with van der Waals surface area (Å²) in [6.07, 6.45) is 0. The molecule has 0 saturated carbocycles. The van der Waals surface area contributed by atoms with Crippen molar-refractivity contribution in [1.82, 2.24) is 0 Å². The first-order chi connectivity index (χ1) is 8.22. The molecule has 0 atom stereocenters. The third-order valence-corrected chi connectivity index (χ3v) is 2.65. The van der Waals surface area contributed by atoms with Gasteiger partial charge >= 0.3 is 0 Å². The van der Waals surface area contributed by atoms with Gasteiger partial charge in [-0.25, -0.2) is 0 Å². The normalized spacial score (nSPS) is 9.65. The first kappa shape index (κ1) is 11.4. The van der Waals surface area contributed by atoms with Gasteiger partial charge in [0.15, 0.2) is 5.78 Å². The number of carbonyl (C=O) groups excluding carboxylic acids is 1. The highest BCUT2D eigenvalue weighted by Crippen LogP contribution is 2.16. The van der Waals surface area contributed by atoms with Crippen molar-refractivity contribution in [3.63, 3.8) is 0 Å². The molecule has 0 N–H and O–H groups in total. The smallest absolute Gasteiger partial charge is 0.194 e. The molecule has 0 fully saturated rings. The van der Waals surface area contributed by atoms with Crippen LogP contribution in [0.1, 0.15) is 21.5 Å². The Bertz CT molecular complexity index is 596. The molecule has 0 heterocycles. The molecule has 0 spiro atoms. The van der Waals surface area contributed by atoms with Crippen LogP contribution in [0, 0.1) is 11.3 Å². The summed E-state index contributed by atoms with van der Waals surface area (Å²) in [5.74, 6) is -0.168. The summed E-state index contributed by atoms with van der Waals surface area (Å²) in [5.41, 5.74) is 1.32. The fourth-order valence-corrected chi connectivity index (χ4v) is 1.66. The van der Waals surface area contributed by atoms with Gasteiger partial charge in [0.25, 0.3) is 0 Å². The number of hydrogen-bond acceptors (Lipinski definition) is 2. The van der Waals surface area contributed by atoms with Crippen molar-refractivity contribution in [2.24, 2.45) is 0 Å². The van der Waals surface area contributed by atoms with Crippen LogP contribution in [0.5, 0.6) is 0 Å². The lowest BCUT2D eigenvalue weighted by molar-refractivity contribution is 0.103. The molecule has 2 nitrogen and oxygen atoms in total. The van der Waals surface area contributed by atoms with Crippen molar-refractivity contribution in [2.75, 3.05) is 0 Å². The summed E-state index contributed by atoms with van der Waals surface area (Å²) in [5, 5.41) is 9.51. The van der Waals surface area contributed by atoms with Gasteiger partial charge in [0.2, 0.25) is 0 Å². The third kappa shape index (κ3) is 2.35. The maximum absolute atomic E-state index is 12.1. The molecule has 0 aliphatic carbocycles. The molecule has 0 aliphatic heterocycles. The van der Waals surface area contributed by atoms with Gasteiger partial charge < -0.3 is 0 Å². The molecule has 3 heteroatoms. The Labute approximate surface area is 104 Å². The van der Waals surface area contributed by atoms with E-state index >= 15 is 0 Å². The zero-order valence-electron chi connectivity index (χ0n) is 8.85. The van der Waals surface area contributed by atoms with Crippen LogP contribution < -0.4 is 0 Å². The van der Waals surface area contributed by atoms with E-state index in [2.05, 4.69) is 0 Å². The summed E-state index contributed by atoms with van der Waals surface area (Å²) in [4.78, 5) is 12.1. The second-order valence-corrected chi connectivity index (χ2v) is 3.93. The molecular formula is C14H8ClNO. The van der Waals surface area contributed by atoms with Gasteiger partial charge in [-0.05, 0) is 36.4 Å². The van der Waals surface area contributed by atoms with Crippen molar-refractivity contribution in [2.45, 2.75) is 0 Å². The predicted molar refractivity (Wildman–Crippen MR) is 66.0 cm³/mol. The van der Waals surface area contributed by atoms with E-state index < -0.39 is 0 Å². The minimum atomic E-state index is -0.168. The van der Waals surface area contributed by atoms with Crippen LogP contribution in [-0.4, -0.2) is 5.78 Å². The largest absolute Gasteiger partial charge is 0.289 e. The van der Waals surface area contributed by atoms with Gasteiger partial charge in [-0.1, -0.05) is 23.7 Å². The van der Waals surface area contributed by atoms with E-state index in [0.717, 1.165) is 0 Å². The van der Waals surface area contributed by atoms with E-state index in [9.17, 15) is 4.79 Å². The van der Waals surface area contributed by atoms with Crippen LogP contribution in [0.4, 0.5) is 0 Å². The van der Waals surface area contributed by atoms with Gasteiger partial charge in [0.05, 0.1) is 11.6 Å². The predicted octanol–water partition coefficient (Wildman–Crippen LogP) is 3.44. The van der Waals surface area contributed by atoms with E-state index in [0.29, 0.717) is 21.7 Å². The van der Waals surface area contributed by atoms with Crippen LogP contribution in [0.15, 0.2) is 48.5 Å². The van der Waals surface area contributed by atoms with E-state index in [-0.39, 0.29) is 5.78 Å². The number of carbonyl (C=O) groups is 1. The van der Waals surface area contributed by atoms with E-state index in [1.807, 2.05) is 6.07 Å². The molecule has 0 unspecified atom stereocenters. The second-order valence-electron chi connectivity index (χ2n) is 3.49. The molecule has 2 rings (SSSR count). The van der Waals surface area contributed by atoms with Gasteiger partial charge in [-0.2, -0.15) is 5.26 Å². The number of rotatable bonds is 2. The fourth-order valence-electron chi connectivity index (χ4n) is 1.54. The number of ketones is 1. The summed E-state index contributed by atoms with van der Waals surface area (Å²) in [6, 6.07) is 15.4. The summed E-state index contributed by atoms with van der Waals surface area (Å²) in [7, 11) is 0. The number of hydrogen-bond donors (Lipinski definition) is 0. The first-order valence-corrected chi connectivity index (χ1v) is 5.39. The molecule has 17 heavy (non-hydrogen) atoms. The number of nitrogens with zero attached hydrogens (tertiary/aromatic N) is 1. The Kier molecular flexibility index (Phi) is 3.22. The maximum Gasteiger partial charge on any atom is 0.194 e. The minimum absolute atomic E-state index is 0.168. The molecule has 0 bridgehead atoms. The van der Waals surface area contributed by atoms with Crippen molar-refractivity contribution in [1.29, 1.82) is 5.26 Å². The van der Waals surface area contributed by atoms with Crippen molar-refractivity contribution < 1.29 is 4.79 Å². The molecule has 0 saturated heterocycles. The molecular weight excluding hydrogens is 234 g/mol. The number of nitriles is 1. The standard InChI is InChI=1S/C14H8ClNO/c15-12-7-5-10(6-8-12)14(17)13-4-2-1-3-11(13)9-16/h1-8H. The Morgan fingerprint density at radius 1 is 1.06 bits per heavy atom. The van der Waals surface area contributed by atoms with Crippen LogP contribution in [0.3, 0.4) is 0 Å². The van der Waals surface area contributed by atoms with E-state index in [1.54, 1.807) is 48.5 Å². The first-order valence-electron chi connectivity index (χ1n) is 5.02. The highest BCUT2D eigenvalue weighted by atomic mass is 35.5. The average Bonchev–Trinajstić information content (AvgIpc) is 2.39. The number of benzene rings is 2. The zero-order chi connectivity index (χ0) is 12.3. The van der Waals surface area contributed by atoms with Crippen molar-refractivity contribution in [3.05, 3.63) is 70.2 Å². The van der Waals surface area contributed by atoms with Crippen molar-refractivity contribution in [3.8, 4) is 6.07 Å². The van der Waals surface area contributed by atoms with Gasteiger partial charge in [0.1, 0.15) is 0 Å². The van der Waals surface area contributed by atoms with Gasteiger partial charge in [0, 0.05) is 16.1 Å². The second kappa shape index (κ2) is 4.82. The Morgan fingerprint density at radius 2 is 1.71 bits per heavy atom. The summed E-state index contributed by atoms with van der Waals surface area (Å²) >= 11 is 5.76. The van der Waals surface area contributed by atoms with Crippen LogP contribution >= 0.6 is 11.6 Å². The SMILES string of the molecule is N#Cc1ccccc1C(=O)c1ccc(Cl)cc1. The minimum Gasteiger partial charge on any atom is -0.289 e. The third-order valence-electron chi connectivity index (χ3n) is 2.40. The van der Waals surface area contributed by atoms with Gasteiger partial charge in [-0.15, -0.1) is 0 Å². The lowest BCUT2D eigenvalue weighted by Gasteiger charge is -2.03. The van der Waals surface area contributed by atoms with E-state index in [1.165, 1.54) is 0 Å². The summed E-state index contributed by atoms with van der Waals surface area (Å²) < 4.78 is 0. The molecule has 0 radical (unpaired) electrons. The average molecular weight is 242 g/mol. The fraction of sp³-hybridized carbons (Fsp3) is 0. The molecule has 82 valence electrons. The lowest BCUT2D eigenvalue weighted by Crippen LogP contribution is -2.03. The molecule has 0 aliphatic rings. The van der Waals surface area contributed by atoms with Crippen LogP contribution in [0.2, 0.25) is 5.02 Å². The summed E-state index contributed by atoms with van der Waals surface area (Å²) in [6.45, 7) is 0. The lowest BCUT2D eigenvalue weighted by atomic mass is 9.99. The van der Waals surface area contributed by atoms with Crippen molar-refractivity contribution >= 4 is 17.4 Å². The molecule has 2 aromatic carbocycles. The molecule has 0 amide bonds. The quantitative estimate of drug-likeness (QED) is 0.756. The molecule has 2 aromatic rings. The monoisotopic (exact) mass is 241 g/mol. The topological polar surface area (TPSA) is 40.9 Å². The Balaban J connectivity index is 2.44. The number of halogens is 1. The maximum atomic E-state index is 12.1. The highest BCUT2D eigenvalue weighted by molar-refractivity contribution is 6.30. The van der Waals surface area contributed by atoms with Crippen LogP contribution in [0.25, 0.3) is 0 Å². The van der Waals surface area contributed by atoms with Crippen LogP contribution in [-0.2, 0) is 0 Å². The Hall–Kier alpha value is -2.11. The van der Waals surface area contributed by atoms with Gasteiger partial charge in [-0.3, -0.25) is 4.79 Å². The highest BCUT2D eigenvalue weighted by Gasteiger charge is 2.12. The molecule has 0 aromatic heterocycles. The Morgan fingerprint density at radius 3 is 2.35 bits per heavy atom.